The Balaban J connectivity index is 2.21. The Hall–Kier alpha value is -3.93. The van der Waals surface area contributed by atoms with Crippen LogP contribution in [0.15, 0.2) is 146 Å². The van der Waals surface area contributed by atoms with Gasteiger partial charge < -0.3 is 40.3 Å². The molecule has 0 saturated carbocycles. The molecule has 0 bridgehead atoms. The maximum atomic E-state index is 13.1. The molecule has 0 aromatic carbocycles. The largest absolute Gasteiger partial charge is 0.394 e. The van der Waals surface area contributed by atoms with E-state index >= 15 is 0 Å². The molecule has 9 heteroatoms. The number of aliphatic hydroxyl groups excluding tert-OH is 5. The van der Waals surface area contributed by atoms with E-state index in [2.05, 4.69) is 165 Å². The lowest BCUT2D eigenvalue weighted by Gasteiger charge is -2.40. The van der Waals surface area contributed by atoms with Crippen LogP contribution in [0.3, 0.4) is 0 Å². The maximum absolute atomic E-state index is 13.1. The topological polar surface area (TPSA) is 149 Å². The van der Waals surface area contributed by atoms with Crippen molar-refractivity contribution in [2.45, 2.75) is 307 Å². The second-order valence-electron chi connectivity index (χ2n) is 22.9. The lowest BCUT2D eigenvalue weighted by Crippen LogP contribution is -2.60. The molecule has 7 unspecified atom stereocenters. The molecule has 1 fully saturated rings. The fraction of sp³-hybridized carbons (Fsp3) is 0.667. The second kappa shape index (κ2) is 62.1. The van der Waals surface area contributed by atoms with E-state index in [4.69, 9.17) is 9.47 Å². The number of rotatable bonds is 57. The summed E-state index contributed by atoms with van der Waals surface area (Å²) in [6.07, 6.45) is 89.0. The van der Waals surface area contributed by atoms with Crippen LogP contribution in [0.25, 0.3) is 0 Å². The molecule has 0 aromatic heterocycles. The number of unbranched alkanes of at least 4 members (excludes halogenated alkanes) is 23. The Morgan fingerprint density at radius 1 is 0.417 bits per heavy atom. The molecule has 84 heavy (non-hydrogen) atoms. The van der Waals surface area contributed by atoms with Crippen LogP contribution in [-0.2, 0) is 14.3 Å². The van der Waals surface area contributed by atoms with Gasteiger partial charge in [0.25, 0.3) is 0 Å². The van der Waals surface area contributed by atoms with Crippen molar-refractivity contribution in [1.82, 2.24) is 5.32 Å². The molecule has 1 rings (SSSR count). The molecule has 1 aliphatic rings. The first-order chi connectivity index (χ1) is 41.3. The number of allylic oxidation sites excluding steroid dienone is 24. The summed E-state index contributed by atoms with van der Waals surface area (Å²) in [5.41, 5.74) is 0. The Morgan fingerprint density at radius 2 is 0.738 bits per heavy atom. The van der Waals surface area contributed by atoms with Crippen LogP contribution in [0.5, 0.6) is 0 Å². The fourth-order valence-corrected chi connectivity index (χ4v) is 9.91. The van der Waals surface area contributed by atoms with Gasteiger partial charge >= 0.3 is 0 Å². The van der Waals surface area contributed by atoms with Gasteiger partial charge in [0.1, 0.15) is 24.4 Å². The van der Waals surface area contributed by atoms with Gasteiger partial charge in [0, 0.05) is 6.42 Å². The lowest BCUT2D eigenvalue weighted by atomic mass is 9.99. The standard InChI is InChI=1S/C75H125NO8/c1-3-5-7-9-11-13-15-17-19-21-23-25-27-28-29-30-31-32-33-34-35-36-37-38-39-40-41-42-43-45-47-49-51-53-55-57-59-61-63-65-71(79)76-68(67-83-75-74(82)73(81)72(80)70(66-77)84-75)69(78)64-62-60-58-56-54-52-50-48-46-44-26-24-22-20-18-16-14-12-10-8-6-4-2/h5,7,11,13,17,19,23,25,28-29,31-32,34-35,37-38,40-41,43,45,49,51,55,57,68-70,72-75,77-78,80-82H,3-4,6,8-10,12,14-16,18,20-22,24,26-27,30,33,36,39,42,44,46-48,50,52-54,56,58-67H2,1-2H3,(H,76,79)/b7-5-,13-11-,19-17-,25-23-,29-28-,32-31-,35-34-,38-37-,41-40-,45-43-,51-49-,57-55-. The lowest BCUT2D eigenvalue weighted by molar-refractivity contribution is -0.302. The van der Waals surface area contributed by atoms with E-state index in [-0.39, 0.29) is 12.5 Å². The second-order valence-corrected chi connectivity index (χ2v) is 22.9. The minimum atomic E-state index is -1.57. The smallest absolute Gasteiger partial charge is 0.220 e. The highest BCUT2D eigenvalue weighted by Crippen LogP contribution is 2.23. The van der Waals surface area contributed by atoms with E-state index in [0.29, 0.717) is 19.3 Å². The predicted molar refractivity (Wildman–Crippen MR) is 359 cm³/mol. The van der Waals surface area contributed by atoms with Gasteiger partial charge in [-0.15, -0.1) is 0 Å². The minimum absolute atomic E-state index is 0.164. The van der Waals surface area contributed by atoms with Crippen LogP contribution in [0.1, 0.15) is 264 Å². The summed E-state index contributed by atoms with van der Waals surface area (Å²) in [4.78, 5) is 13.1. The Morgan fingerprint density at radius 3 is 1.07 bits per heavy atom. The summed E-state index contributed by atoms with van der Waals surface area (Å²) in [5, 5.41) is 54.8. The van der Waals surface area contributed by atoms with E-state index in [1.807, 2.05) is 0 Å². The summed E-state index contributed by atoms with van der Waals surface area (Å²) in [5.74, 6) is -0.190. The van der Waals surface area contributed by atoms with Crippen molar-refractivity contribution in [1.29, 1.82) is 0 Å². The zero-order chi connectivity index (χ0) is 60.7. The fourth-order valence-electron chi connectivity index (χ4n) is 9.91. The van der Waals surface area contributed by atoms with Crippen LogP contribution < -0.4 is 5.32 Å². The maximum Gasteiger partial charge on any atom is 0.220 e. The molecule has 1 saturated heterocycles. The van der Waals surface area contributed by atoms with Crippen molar-refractivity contribution in [3.63, 3.8) is 0 Å². The molecule has 7 atom stereocenters. The number of aliphatic hydroxyl groups is 5. The van der Waals surface area contributed by atoms with Crippen molar-refractivity contribution < 1.29 is 39.8 Å². The summed E-state index contributed by atoms with van der Waals surface area (Å²) < 4.78 is 11.3. The van der Waals surface area contributed by atoms with E-state index in [9.17, 15) is 30.3 Å². The number of amides is 1. The van der Waals surface area contributed by atoms with E-state index in [0.717, 1.165) is 109 Å². The van der Waals surface area contributed by atoms with Crippen molar-refractivity contribution >= 4 is 5.91 Å². The van der Waals surface area contributed by atoms with Crippen molar-refractivity contribution in [2.24, 2.45) is 0 Å². The minimum Gasteiger partial charge on any atom is -0.394 e. The average Bonchev–Trinajstić information content (AvgIpc) is 3.70. The summed E-state index contributed by atoms with van der Waals surface area (Å²) in [6, 6.07) is -0.755. The van der Waals surface area contributed by atoms with Crippen molar-refractivity contribution in [3.05, 3.63) is 146 Å². The van der Waals surface area contributed by atoms with Crippen LogP contribution >= 0.6 is 0 Å². The van der Waals surface area contributed by atoms with E-state index < -0.39 is 49.5 Å². The van der Waals surface area contributed by atoms with Crippen molar-refractivity contribution in [2.75, 3.05) is 13.2 Å². The first kappa shape index (κ1) is 78.1. The third-order valence-electron chi connectivity index (χ3n) is 15.2. The zero-order valence-electron chi connectivity index (χ0n) is 53.4. The zero-order valence-corrected chi connectivity index (χ0v) is 53.4. The molecular formula is C75H125NO8. The molecule has 6 N–H and O–H groups in total. The van der Waals surface area contributed by atoms with Gasteiger partial charge in [-0.3, -0.25) is 4.79 Å². The number of hydrogen-bond donors (Lipinski definition) is 6. The number of ether oxygens (including phenoxy) is 2. The summed E-state index contributed by atoms with van der Waals surface area (Å²) in [7, 11) is 0. The van der Waals surface area contributed by atoms with Crippen LogP contribution in [0.2, 0.25) is 0 Å². The van der Waals surface area contributed by atoms with Gasteiger partial charge in [0.05, 0.1) is 25.4 Å². The first-order valence-electron chi connectivity index (χ1n) is 34.0. The van der Waals surface area contributed by atoms with Crippen LogP contribution in [-0.4, -0.2) is 87.5 Å². The number of carbonyl (C=O) groups excluding carboxylic acids is 1. The number of nitrogens with one attached hydrogen (secondary N) is 1. The van der Waals surface area contributed by atoms with Gasteiger partial charge in [0.2, 0.25) is 5.91 Å². The van der Waals surface area contributed by atoms with Gasteiger partial charge in [0.15, 0.2) is 6.29 Å². The Bertz CT molecular complexity index is 1830. The van der Waals surface area contributed by atoms with Crippen molar-refractivity contribution in [3.8, 4) is 0 Å². The molecular weight excluding hydrogens is 1040 g/mol. The van der Waals surface area contributed by atoms with Crippen LogP contribution in [0.4, 0.5) is 0 Å². The van der Waals surface area contributed by atoms with Gasteiger partial charge in [-0.1, -0.05) is 301 Å². The normalized spacial score (nSPS) is 19.2. The highest BCUT2D eigenvalue weighted by molar-refractivity contribution is 5.76. The molecule has 1 aliphatic heterocycles. The molecule has 1 heterocycles. The van der Waals surface area contributed by atoms with Crippen LogP contribution in [0, 0.1) is 0 Å². The summed E-state index contributed by atoms with van der Waals surface area (Å²) in [6.45, 7) is 3.71. The van der Waals surface area contributed by atoms with E-state index in [1.54, 1.807) is 0 Å². The first-order valence-corrected chi connectivity index (χ1v) is 34.0. The molecule has 0 radical (unpaired) electrons. The SMILES string of the molecule is CC/C=C\C/C=C\C/C=C\C/C=C\C/C=C\C/C=C\C/C=C\C/C=C\C/C=C\C/C=C\C/C=C\C/C=C\CCCCC(=O)NC(COC1OC(CO)C(O)C(O)C1O)C(O)CCCCCCCCCCCCCCCCCCCCCCCC. The molecule has 0 aromatic rings. The third kappa shape index (κ3) is 50.2. The number of hydrogen-bond acceptors (Lipinski definition) is 8. The highest BCUT2D eigenvalue weighted by atomic mass is 16.7. The quantitative estimate of drug-likeness (QED) is 0.0261. The highest BCUT2D eigenvalue weighted by Gasteiger charge is 2.44. The predicted octanol–water partition coefficient (Wildman–Crippen LogP) is 18.6. The average molecular weight is 1170 g/mol. The van der Waals surface area contributed by atoms with Gasteiger partial charge in [-0.25, -0.2) is 0 Å². The molecule has 0 spiro atoms. The Kier molecular flexibility index (Phi) is 57.8. The van der Waals surface area contributed by atoms with Gasteiger partial charge in [-0.05, 0) is 103 Å². The number of carbonyl (C=O) groups is 1. The third-order valence-corrected chi connectivity index (χ3v) is 15.2. The van der Waals surface area contributed by atoms with E-state index in [1.165, 1.54) is 122 Å². The van der Waals surface area contributed by atoms with Gasteiger partial charge in [-0.2, -0.15) is 0 Å². The monoisotopic (exact) mass is 1170 g/mol. The molecule has 1 amide bonds. The summed E-state index contributed by atoms with van der Waals surface area (Å²) >= 11 is 0. The molecule has 478 valence electrons. The Labute approximate surface area is 514 Å². The molecule has 9 nitrogen and oxygen atoms in total. The molecule has 0 aliphatic carbocycles.